The van der Waals surface area contributed by atoms with Gasteiger partial charge in [-0.1, -0.05) is 30.8 Å². The third-order valence-corrected chi connectivity index (χ3v) is 5.50. The van der Waals surface area contributed by atoms with Gasteiger partial charge in [-0.25, -0.2) is 4.98 Å². The van der Waals surface area contributed by atoms with Gasteiger partial charge in [0, 0.05) is 29.6 Å². The van der Waals surface area contributed by atoms with E-state index in [1.807, 2.05) is 39.0 Å². The van der Waals surface area contributed by atoms with Gasteiger partial charge in [0.2, 0.25) is 5.91 Å². The van der Waals surface area contributed by atoms with Crippen LogP contribution in [0.5, 0.6) is 0 Å². The van der Waals surface area contributed by atoms with Crippen molar-refractivity contribution in [2.45, 2.75) is 44.8 Å². The zero-order chi connectivity index (χ0) is 17.3. The molecule has 1 aliphatic heterocycles. The zero-order valence-electron chi connectivity index (χ0n) is 14.1. The number of aromatic nitrogens is 2. The molecule has 1 atom stereocenters. The Morgan fingerprint density at radius 3 is 2.96 bits per heavy atom. The molecule has 1 aromatic heterocycles. The third-order valence-electron chi connectivity index (χ3n) is 4.40. The first-order valence-corrected chi connectivity index (χ1v) is 9.09. The number of rotatable bonds is 4. The molecule has 2 heterocycles. The molecule has 2 aromatic rings. The molecule has 0 radical (unpaired) electrons. The van der Waals surface area contributed by atoms with E-state index < -0.39 is 0 Å². The van der Waals surface area contributed by atoms with Crippen molar-refractivity contribution in [2.24, 2.45) is 0 Å². The Morgan fingerprint density at radius 1 is 1.42 bits per heavy atom. The van der Waals surface area contributed by atoms with Crippen LogP contribution in [0.15, 0.2) is 34.2 Å². The van der Waals surface area contributed by atoms with Crippen molar-refractivity contribution in [3.8, 4) is 0 Å². The van der Waals surface area contributed by atoms with Crippen LogP contribution in [0, 0.1) is 13.8 Å². The van der Waals surface area contributed by atoms with Crippen LogP contribution >= 0.6 is 11.8 Å². The highest BCUT2D eigenvalue weighted by Crippen LogP contribution is 2.32. The number of aryl methyl sites for hydroxylation is 2. The maximum absolute atomic E-state index is 12.4. The zero-order valence-corrected chi connectivity index (χ0v) is 14.9. The number of carbonyl (C=O) groups excluding carboxylic acids is 1. The minimum Gasteiger partial charge on any atom is -0.326 e. The molecular weight excluding hydrogens is 322 g/mol. The van der Waals surface area contributed by atoms with Gasteiger partial charge in [0.25, 0.3) is 5.56 Å². The summed E-state index contributed by atoms with van der Waals surface area (Å²) in [6, 6.07) is 7.29. The fourth-order valence-corrected chi connectivity index (χ4v) is 4.00. The minimum atomic E-state index is -0.138. The maximum Gasteiger partial charge on any atom is 0.254 e. The van der Waals surface area contributed by atoms with Gasteiger partial charge >= 0.3 is 0 Å². The topological polar surface area (TPSA) is 64.0 Å². The Bertz CT molecular complexity index is 845. The molecule has 1 amide bonds. The molecule has 0 bridgehead atoms. The van der Waals surface area contributed by atoms with E-state index in [1.165, 1.54) is 0 Å². The van der Waals surface area contributed by atoms with Crippen LogP contribution < -0.4 is 10.9 Å². The Hall–Kier alpha value is -2.08. The van der Waals surface area contributed by atoms with Crippen molar-refractivity contribution >= 4 is 23.4 Å². The highest BCUT2D eigenvalue weighted by Gasteiger charge is 2.27. The molecule has 0 spiro atoms. The number of nitrogens with zero attached hydrogens (tertiary/aromatic N) is 2. The van der Waals surface area contributed by atoms with Gasteiger partial charge in [0.1, 0.15) is 0 Å². The van der Waals surface area contributed by atoms with Crippen LogP contribution in [0.1, 0.15) is 36.2 Å². The van der Waals surface area contributed by atoms with Crippen molar-refractivity contribution in [1.82, 2.24) is 9.55 Å². The van der Waals surface area contributed by atoms with Crippen LogP contribution in [0.4, 0.5) is 5.69 Å². The molecule has 0 fully saturated rings. The van der Waals surface area contributed by atoms with Crippen LogP contribution in [0.2, 0.25) is 0 Å². The number of anilines is 1. The van der Waals surface area contributed by atoms with E-state index >= 15 is 0 Å². The molecule has 6 heteroatoms. The summed E-state index contributed by atoms with van der Waals surface area (Å²) in [4.78, 5) is 29.2. The average Bonchev–Trinajstić information content (AvgIpc) is 2.95. The molecular formula is C18H21N3O2S. The van der Waals surface area contributed by atoms with Crippen LogP contribution in [-0.2, 0) is 11.2 Å². The number of carbonyl (C=O) groups is 1. The van der Waals surface area contributed by atoms with Gasteiger partial charge in [-0.3, -0.25) is 14.2 Å². The van der Waals surface area contributed by atoms with E-state index in [2.05, 4.69) is 10.3 Å². The van der Waals surface area contributed by atoms with Crippen molar-refractivity contribution in [3.63, 3.8) is 0 Å². The van der Waals surface area contributed by atoms with Crippen LogP contribution in [-0.4, -0.2) is 21.2 Å². The first-order chi connectivity index (χ1) is 11.5. The highest BCUT2D eigenvalue weighted by atomic mass is 32.2. The Kier molecular flexibility index (Phi) is 4.76. The lowest BCUT2D eigenvalue weighted by Gasteiger charge is -2.15. The van der Waals surface area contributed by atoms with Gasteiger partial charge in [-0.2, -0.15) is 0 Å². The largest absolute Gasteiger partial charge is 0.326 e. The maximum atomic E-state index is 12.4. The predicted octanol–water partition coefficient (Wildman–Crippen LogP) is 3.10. The molecule has 0 aliphatic carbocycles. The van der Waals surface area contributed by atoms with E-state index in [9.17, 15) is 9.59 Å². The Labute approximate surface area is 145 Å². The van der Waals surface area contributed by atoms with Gasteiger partial charge in [0.05, 0.1) is 6.04 Å². The lowest BCUT2D eigenvalue weighted by molar-refractivity contribution is -0.116. The van der Waals surface area contributed by atoms with Gasteiger partial charge in [-0.05, 0) is 37.5 Å². The summed E-state index contributed by atoms with van der Waals surface area (Å²) in [6.07, 6.45) is 1.02. The number of thioether (sulfide) groups is 1. The number of hydrogen-bond donors (Lipinski definition) is 1. The second kappa shape index (κ2) is 6.81. The molecule has 1 aliphatic rings. The fourth-order valence-electron chi connectivity index (χ4n) is 2.83. The van der Waals surface area contributed by atoms with Crippen LogP contribution in [0.3, 0.4) is 0 Å². The minimum absolute atomic E-state index is 0.0635. The van der Waals surface area contributed by atoms with E-state index in [0.717, 1.165) is 34.1 Å². The van der Waals surface area contributed by atoms with Crippen LogP contribution in [0.25, 0.3) is 0 Å². The number of nitrogens with one attached hydrogen (secondary N) is 1. The quantitative estimate of drug-likeness (QED) is 0.867. The molecule has 5 nitrogen and oxygen atoms in total. The SMILES string of the molecule is CCc1cc(=O)n2c(n1)SCC2CC(=O)Nc1cccc(C)c1C. The molecule has 1 N–H and O–H groups in total. The van der Waals surface area contributed by atoms with Crippen molar-refractivity contribution in [2.75, 3.05) is 11.1 Å². The molecule has 1 unspecified atom stereocenters. The fraction of sp³-hybridized carbons (Fsp3) is 0.389. The van der Waals surface area contributed by atoms with Crippen molar-refractivity contribution < 1.29 is 4.79 Å². The monoisotopic (exact) mass is 343 g/mol. The summed E-state index contributed by atoms with van der Waals surface area (Å²) in [5.74, 6) is 0.629. The molecule has 126 valence electrons. The lowest BCUT2D eigenvalue weighted by atomic mass is 10.1. The summed E-state index contributed by atoms with van der Waals surface area (Å²) >= 11 is 1.55. The van der Waals surface area contributed by atoms with E-state index in [1.54, 1.807) is 22.4 Å². The third kappa shape index (κ3) is 3.24. The predicted molar refractivity (Wildman–Crippen MR) is 96.8 cm³/mol. The summed E-state index contributed by atoms with van der Waals surface area (Å²) in [5.41, 5.74) is 3.78. The van der Waals surface area contributed by atoms with E-state index in [0.29, 0.717) is 5.75 Å². The summed E-state index contributed by atoms with van der Waals surface area (Å²) < 4.78 is 1.66. The summed E-state index contributed by atoms with van der Waals surface area (Å²) in [6.45, 7) is 5.99. The van der Waals surface area contributed by atoms with E-state index in [4.69, 9.17) is 0 Å². The molecule has 1 aromatic carbocycles. The first kappa shape index (κ1) is 16.8. The Morgan fingerprint density at radius 2 is 2.21 bits per heavy atom. The molecule has 0 saturated carbocycles. The second-order valence-electron chi connectivity index (χ2n) is 6.06. The van der Waals surface area contributed by atoms with Gasteiger partial charge in [0.15, 0.2) is 5.16 Å². The summed E-state index contributed by atoms with van der Waals surface area (Å²) in [7, 11) is 0. The molecule has 0 saturated heterocycles. The first-order valence-electron chi connectivity index (χ1n) is 8.11. The van der Waals surface area contributed by atoms with Crippen molar-refractivity contribution in [1.29, 1.82) is 0 Å². The number of fused-ring (bicyclic) bond motifs is 1. The van der Waals surface area contributed by atoms with E-state index in [-0.39, 0.29) is 23.9 Å². The Balaban J connectivity index is 1.76. The smallest absolute Gasteiger partial charge is 0.254 e. The number of amides is 1. The average molecular weight is 343 g/mol. The molecule has 3 rings (SSSR count). The summed E-state index contributed by atoms with van der Waals surface area (Å²) in [5, 5.41) is 3.69. The lowest BCUT2D eigenvalue weighted by Crippen LogP contribution is -2.27. The normalized spacial score (nSPS) is 16.0. The molecule has 24 heavy (non-hydrogen) atoms. The van der Waals surface area contributed by atoms with Crippen molar-refractivity contribution in [3.05, 3.63) is 51.4 Å². The van der Waals surface area contributed by atoms with Gasteiger partial charge < -0.3 is 5.32 Å². The second-order valence-corrected chi connectivity index (χ2v) is 7.04. The number of hydrogen-bond acceptors (Lipinski definition) is 4. The highest BCUT2D eigenvalue weighted by molar-refractivity contribution is 7.99. The van der Waals surface area contributed by atoms with Gasteiger partial charge in [-0.15, -0.1) is 0 Å². The standard InChI is InChI=1S/C18H21N3O2S/c1-4-13-8-17(23)21-14(10-24-18(21)19-13)9-16(22)20-15-7-5-6-11(2)12(15)3/h5-8,14H,4,9-10H2,1-3H3,(H,20,22). The number of benzene rings is 1.